The van der Waals surface area contributed by atoms with Crippen LogP contribution in [0, 0.1) is 0 Å². The molecule has 0 spiro atoms. The number of hydrogen-bond acceptors (Lipinski definition) is 2. The number of carboxylic acid groups (broad SMARTS) is 1. The number of hydrogen-bond donors (Lipinski definition) is 2. The predicted molar refractivity (Wildman–Crippen MR) is 78.4 cm³/mol. The molecule has 4 heteroatoms. The third-order valence-electron chi connectivity index (χ3n) is 1.60. The lowest BCUT2D eigenvalue weighted by atomic mass is 10.2. The van der Waals surface area contributed by atoms with Gasteiger partial charge in [-0.15, -0.1) is 0 Å². The fourth-order valence-electron chi connectivity index (χ4n) is 0.589. The average Bonchev–Trinajstić information content (AvgIpc) is 2.40. The van der Waals surface area contributed by atoms with Crippen molar-refractivity contribution in [1.29, 1.82) is 0 Å². The van der Waals surface area contributed by atoms with Gasteiger partial charge in [0.05, 0.1) is 0 Å². The minimum atomic E-state index is -0.935. The van der Waals surface area contributed by atoms with Crippen LogP contribution in [0.25, 0.3) is 6.08 Å². The molecule has 3 N–H and O–H groups in total. The van der Waals surface area contributed by atoms with Crippen molar-refractivity contribution in [2.75, 3.05) is 0 Å². The molecule has 1 rings (SSSR count). The molecular formula is C15H19NO3. The van der Waals surface area contributed by atoms with E-state index in [0.717, 1.165) is 6.08 Å². The zero-order valence-electron chi connectivity index (χ0n) is 11.0. The maximum Gasteiger partial charge on any atom is 0.330 e. The van der Waals surface area contributed by atoms with Crippen molar-refractivity contribution in [1.82, 2.24) is 0 Å². The van der Waals surface area contributed by atoms with E-state index in [-0.39, 0.29) is 5.57 Å². The monoisotopic (exact) mass is 261 g/mol. The topological polar surface area (TPSA) is 80.4 Å². The van der Waals surface area contributed by atoms with E-state index in [1.54, 1.807) is 0 Å². The molecule has 0 fully saturated rings. The highest BCUT2D eigenvalue weighted by Crippen LogP contribution is 1.97. The second-order valence-electron chi connectivity index (χ2n) is 3.31. The minimum Gasteiger partial charge on any atom is -0.478 e. The summed E-state index contributed by atoms with van der Waals surface area (Å²) in [6.45, 7) is 11.3. The molecule has 0 saturated heterocycles. The average molecular weight is 261 g/mol. The Balaban J connectivity index is 0. The standard InChI is InChI=1S/C8H8.C4H6O2.C3H5NO/c1-2-8-6-4-3-5-7-8;1-3(2)4(5)6;1-2-3(4)5/h2-7H,1H2;1H2,2H3,(H,5,6);2H,1H2,(H2,4,5). The van der Waals surface area contributed by atoms with Crippen LogP contribution in [0.3, 0.4) is 0 Å². The molecular weight excluding hydrogens is 242 g/mol. The third-order valence-corrected chi connectivity index (χ3v) is 1.60. The van der Waals surface area contributed by atoms with Crippen molar-refractivity contribution in [3.8, 4) is 0 Å². The first-order chi connectivity index (χ1) is 8.84. The number of carbonyl (C=O) groups excluding carboxylic acids is 1. The fourth-order valence-corrected chi connectivity index (χ4v) is 0.589. The molecule has 0 aliphatic heterocycles. The Morgan fingerprint density at radius 2 is 1.58 bits per heavy atom. The first-order valence-electron chi connectivity index (χ1n) is 5.33. The number of benzene rings is 1. The van der Waals surface area contributed by atoms with Crippen LogP contribution in [0.2, 0.25) is 0 Å². The molecule has 1 aromatic rings. The maximum atomic E-state index is 9.60. The molecule has 0 aliphatic rings. The van der Waals surface area contributed by atoms with Crippen LogP contribution < -0.4 is 5.73 Å². The van der Waals surface area contributed by atoms with Crippen molar-refractivity contribution in [3.63, 3.8) is 0 Å². The summed E-state index contributed by atoms with van der Waals surface area (Å²) in [7, 11) is 0. The molecule has 1 aromatic carbocycles. The van der Waals surface area contributed by atoms with Gasteiger partial charge in [-0.2, -0.15) is 0 Å². The van der Waals surface area contributed by atoms with Crippen LogP contribution in [0.5, 0.6) is 0 Å². The predicted octanol–water partition coefficient (Wildman–Crippen LogP) is 2.63. The van der Waals surface area contributed by atoms with E-state index >= 15 is 0 Å². The maximum absolute atomic E-state index is 9.60. The first kappa shape index (κ1) is 18.7. The zero-order valence-corrected chi connectivity index (χ0v) is 11.0. The summed E-state index contributed by atoms with van der Waals surface area (Å²) in [6.07, 6.45) is 2.89. The van der Waals surface area contributed by atoms with Crippen molar-refractivity contribution in [2.24, 2.45) is 5.73 Å². The Bertz CT molecular complexity index is 424. The summed E-state index contributed by atoms with van der Waals surface area (Å²) in [6, 6.07) is 10.0. The van der Waals surface area contributed by atoms with E-state index in [9.17, 15) is 9.59 Å². The van der Waals surface area contributed by atoms with Crippen LogP contribution in [-0.2, 0) is 9.59 Å². The van der Waals surface area contributed by atoms with Gasteiger partial charge in [0.25, 0.3) is 0 Å². The van der Waals surface area contributed by atoms with Crippen LogP contribution >= 0.6 is 0 Å². The van der Waals surface area contributed by atoms with Crippen LogP contribution in [0.15, 0.2) is 61.7 Å². The van der Waals surface area contributed by atoms with E-state index in [1.807, 2.05) is 36.4 Å². The van der Waals surface area contributed by atoms with Gasteiger partial charge < -0.3 is 10.8 Å². The van der Waals surface area contributed by atoms with Crippen molar-refractivity contribution in [2.45, 2.75) is 6.92 Å². The van der Waals surface area contributed by atoms with Gasteiger partial charge in [-0.1, -0.05) is 56.1 Å². The summed E-state index contributed by atoms with van der Waals surface area (Å²) in [5.41, 5.74) is 5.88. The number of nitrogens with two attached hydrogens (primary N) is 1. The number of rotatable bonds is 3. The van der Waals surface area contributed by atoms with Gasteiger partial charge in [0.1, 0.15) is 0 Å². The van der Waals surface area contributed by atoms with Crippen molar-refractivity contribution < 1.29 is 14.7 Å². The van der Waals surface area contributed by atoms with Gasteiger partial charge in [-0.25, -0.2) is 4.79 Å². The van der Waals surface area contributed by atoms with E-state index < -0.39 is 11.9 Å². The number of aliphatic carboxylic acids is 1. The Hall–Kier alpha value is -2.62. The number of carbonyl (C=O) groups is 2. The third kappa shape index (κ3) is 15.4. The lowest BCUT2D eigenvalue weighted by molar-refractivity contribution is -0.132. The molecule has 0 saturated carbocycles. The zero-order chi connectivity index (χ0) is 15.3. The lowest BCUT2D eigenvalue weighted by Crippen LogP contribution is -2.04. The van der Waals surface area contributed by atoms with Crippen LogP contribution in [0.4, 0.5) is 0 Å². The number of carboxylic acids is 1. The van der Waals surface area contributed by atoms with Gasteiger partial charge in [0.2, 0.25) is 5.91 Å². The molecule has 19 heavy (non-hydrogen) atoms. The summed E-state index contributed by atoms with van der Waals surface area (Å²) >= 11 is 0. The molecule has 0 unspecified atom stereocenters. The van der Waals surface area contributed by atoms with E-state index in [0.29, 0.717) is 0 Å². The summed E-state index contributed by atoms with van der Waals surface area (Å²) < 4.78 is 0. The molecule has 0 aliphatic carbocycles. The first-order valence-corrected chi connectivity index (χ1v) is 5.33. The molecule has 0 heterocycles. The molecule has 4 nitrogen and oxygen atoms in total. The summed E-state index contributed by atoms with van der Waals surface area (Å²) in [5.74, 6) is -1.42. The van der Waals surface area contributed by atoms with Crippen LogP contribution in [0.1, 0.15) is 12.5 Å². The lowest BCUT2D eigenvalue weighted by Gasteiger charge is -1.85. The summed E-state index contributed by atoms with van der Waals surface area (Å²) in [4.78, 5) is 19.1. The van der Waals surface area contributed by atoms with Gasteiger partial charge in [0.15, 0.2) is 0 Å². The second kappa shape index (κ2) is 11.9. The Morgan fingerprint density at radius 1 is 1.21 bits per heavy atom. The van der Waals surface area contributed by atoms with Crippen molar-refractivity contribution >= 4 is 18.0 Å². The quantitative estimate of drug-likeness (QED) is 0.821. The van der Waals surface area contributed by atoms with Gasteiger partial charge in [-0.05, 0) is 18.6 Å². The highest BCUT2D eigenvalue weighted by atomic mass is 16.4. The Morgan fingerprint density at radius 3 is 1.74 bits per heavy atom. The Labute approximate surface area is 113 Å². The highest BCUT2D eigenvalue weighted by molar-refractivity contribution is 5.85. The van der Waals surface area contributed by atoms with Gasteiger partial charge in [-0.3, -0.25) is 4.79 Å². The Kier molecular flexibility index (Phi) is 11.7. The van der Waals surface area contributed by atoms with E-state index in [4.69, 9.17) is 5.11 Å². The van der Waals surface area contributed by atoms with E-state index in [1.165, 1.54) is 12.5 Å². The van der Waals surface area contributed by atoms with Gasteiger partial charge in [0, 0.05) is 5.57 Å². The molecule has 1 amide bonds. The molecule has 0 bridgehead atoms. The minimum absolute atomic E-state index is 0.176. The number of primary amides is 1. The SMILES string of the molecule is C=C(C)C(=O)O.C=CC(N)=O.C=Cc1ccccc1. The smallest absolute Gasteiger partial charge is 0.330 e. The second-order valence-corrected chi connectivity index (χ2v) is 3.31. The summed E-state index contributed by atoms with van der Waals surface area (Å²) in [5, 5.41) is 7.89. The van der Waals surface area contributed by atoms with Gasteiger partial charge >= 0.3 is 5.97 Å². The number of amides is 1. The fraction of sp³-hybridized carbons (Fsp3) is 0.0667. The largest absolute Gasteiger partial charge is 0.478 e. The van der Waals surface area contributed by atoms with Crippen molar-refractivity contribution in [3.05, 3.63) is 67.3 Å². The van der Waals surface area contributed by atoms with E-state index in [2.05, 4.69) is 25.5 Å². The molecule has 0 aromatic heterocycles. The highest BCUT2D eigenvalue weighted by Gasteiger charge is 1.90. The molecule has 0 radical (unpaired) electrons. The molecule has 0 atom stereocenters. The normalized spacial score (nSPS) is 7.63. The van der Waals surface area contributed by atoms with Crippen LogP contribution in [-0.4, -0.2) is 17.0 Å². The molecule has 102 valence electrons.